The van der Waals surface area contributed by atoms with Crippen molar-refractivity contribution in [2.24, 2.45) is 13.0 Å². The fourth-order valence-corrected chi connectivity index (χ4v) is 3.49. The lowest BCUT2D eigenvalue weighted by molar-refractivity contribution is -0.116. The number of imidazole rings is 1. The van der Waals surface area contributed by atoms with Crippen LogP contribution in [0.25, 0.3) is 11.0 Å². The Morgan fingerprint density at radius 2 is 2.12 bits per heavy atom. The number of carbonyl (C=O) groups is 1. The molecule has 3 heterocycles. The van der Waals surface area contributed by atoms with Gasteiger partial charge in [0.2, 0.25) is 5.91 Å². The third kappa shape index (κ3) is 2.29. The predicted molar refractivity (Wildman–Crippen MR) is 92.9 cm³/mol. The molecule has 0 bridgehead atoms. The normalized spacial score (nSPS) is 17.3. The zero-order chi connectivity index (χ0) is 16.8. The maximum atomic E-state index is 12.2. The van der Waals surface area contributed by atoms with Crippen LogP contribution < -0.4 is 5.32 Å². The van der Waals surface area contributed by atoms with Gasteiger partial charge in [-0.15, -0.1) is 0 Å². The summed E-state index contributed by atoms with van der Waals surface area (Å²) in [5.74, 6) is 2.17. The number of para-hydroxylation sites is 2. The predicted octanol–water partition coefficient (Wildman–Crippen LogP) is 2.90. The van der Waals surface area contributed by atoms with Gasteiger partial charge in [-0.05, 0) is 18.1 Å². The Hall–Kier alpha value is -2.63. The smallest absolute Gasteiger partial charge is 0.226 e. The van der Waals surface area contributed by atoms with Gasteiger partial charge in [-0.2, -0.15) is 5.10 Å². The van der Waals surface area contributed by atoms with Crippen molar-refractivity contribution in [3.8, 4) is 0 Å². The van der Waals surface area contributed by atoms with E-state index in [9.17, 15) is 4.79 Å². The highest BCUT2D eigenvalue weighted by Crippen LogP contribution is 2.37. The monoisotopic (exact) mass is 323 g/mol. The minimum Gasteiger partial charge on any atom is -0.327 e. The van der Waals surface area contributed by atoms with E-state index >= 15 is 0 Å². The van der Waals surface area contributed by atoms with Gasteiger partial charge in [0.05, 0.1) is 23.1 Å². The summed E-state index contributed by atoms with van der Waals surface area (Å²) in [5, 5.41) is 7.24. The number of hydrogen-bond donors (Lipinski definition) is 1. The Bertz CT molecular complexity index is 921. The van der Waals surface area contributed by atoms with Crippen molar-refractivity contribution < 1.29 is 4.79 Å². The summed E-state index contributed by atoms with van der Waals surface area (Å²) in [6.45, 7) is 5.27. The highest BCUT2D eigenvalue weighted by Gasteiger charge is 2.33. The molecule has 0 radical (unpaired) electrons. The molecule has 1 atom stereocenters. The van der Waals surface area contributed by atoms with Crippen LogP contribution in [0.15, 0.2) is 30.5 Å². The van der Waals surface area contributed by atoms with Crippen molar-refractivity contribution in [2.45, 2.75) is 32.7 Å². The third-order valence-corrected chi connectivity index (χ3v) is 4.53. The van der Waals surface area contributed by atoms with Crippen LogP contribution in [0.5, 0.6) is 0 Å². The van der Waals surface area contributed by atoms with Crippen LogP contribution in [0.4, 0.5) is 5.82 Å². The molecule has 1 unspecified atom stereocenters. The van der Waals surface area contributed by atoms with Crippen molar-refractivity contribution in [3.63, 3.8) is 0 Å². The summed E-state index contributed by atoms with van der Waals surface area (Å²) in [7, 11) is 1.85. The van der Waals surface area contributed by atoms with E-state index < -0.39 is 0 Å². The van der Waals surface area contributed by atoms with Gasteiger partial charge < -0.3 is 9.88 Å². The van der Waals surface area contributed by atoms with E-state index in [1.54, 1.807) is 4.68 Å². The molecule has 1 N–H and O–H groups in total. The standard InChI is InChI=1S/C18H21N5O/c1-11(2)10-23-15-7-5-4-6-14(15)20-18(23)12-8-16(24)21-17-13(12)9-19-22(17)3/h4-7,9,11-12H,8,10H2,1-3H3,(H,21,24). The van der Waals surface area contributed by atoms with E-state index in [-0.39, 0.29) is 11.8 Å². The molecule has 0 aliphatic carbocycles. The summed E-state index contributed by atoms with van der Waals surface area (Å²) in [4.78, 5) is 17.1. The van der Waals surface area contributed by atoms with Crippen molar-refractivity contribution >= 4 is 22.8 Å². The fraction of sp³-hybridized carbons (Fsp3) is 0.389. The van der Waals surface area contributed by atoms with Crippen LogP contribution in [0.1, 0.15) is 37.6 Å². The molecule has 3 aromatic rings. The number of aryl methyl sites for hydroxylation is 1. The van der Waals surface area contributed by atoms with Crippen LogP contribution in [-0.2, 0) is 18.4 Å². The average Bonchev–Trinajstić information content (AvgIpc) is 3.08. The van der Waals surface area contributed by atoms with Crippen molar-refractivity contribution in [1.82, 2.24) is 19.3 Å². The third-order valence-electron chi connectivity index (χ3n) is 4.53. The molecule has 1 amide bonds. The fourth-order valence-electron chi connectivity index (χ4n) is 3.49. The van der Waals surface area contributed by atoms with Crippen LogP contribution in [0, 0.1) is 5.92 Å². The molecule has 2 aromatic heterocycles. The van der Waals surface area contributed by atoms with E-state index in [1.165, 1.54) is 0 Å². The Kier molecular flexibility index (Phi) is 3.40. The number of anilines is 1. The molecular formula is C18H21N5O. The van der Waals surface area contributed by atoms with E-state index in [0.29, 0.717) is 12.3 Å². The van der Waals surface area contributed by atoms with Crippen molar-refractivity contribution in [3.05, 3.63) is 41.9 Å². The number of benzene rings is 1. The maximum absolute atomic E-state index is 12.2. The molecule has 24 heavy (non-hydrogen) atoms. The number of hydrogen-bond acceptors (Lipinski definition) is 3. The number of nitrogens with one attached hydrogen (secondary N) is 1. The Labute approximate surface area is 140 Å². The van der Waals surface area contributed by atoms with Gasteiger partial charge in [-0.3, -0.25) is 9.48 Å². The van der Waals surface area contributed by atoms with Gasteiger partial charge >= 0.3 is 0 Å². The average molecular weight is 323 g/mol. The largest absolute Gasteiger partial charge is 0.327 e. The topological polar surface area (TPSA) is 64.7 Å². The SMILES string of the molecule is CC(C)Cn1c(C2CC(=O)Nc3c2cnn3C)nc2ccccc21. The molecule has 124 valence electrons. The summed E-state index contributed by atoms with van der Waals surface area (Å²) < 4.78 is 3.98. The molecule has 0 spiro atoms. The van der Waals surface area contributed by atoms with Crippen LogP contribution in [-0.4, -0.2) is 25.2 Å². The van der Waals surface area contributed by atoms with Crippen molar-refractivity contribution in [2.75, 3.05) is 5.32 Å². The lowest BCUT2D eigenvalue weighted by Gasteiger charge is -2.24. The minimum atomic E-state index is -0.0615. The first-order valence-corrected chi connectivity index (χ1v) is 8.31. The molecule has 6 heteroatoms. The zero-order valence-corrected chi connectivity index (χ0v) is 14.2. The van der Waals surface area contributed by atoms with E-state index in [2.05, 4.69) is 34.9 Å². The number of fused-ring (bicyclic) bond motifs is 2. The molecule has 0 saturated heterocycles. The van der Waals surface area contributed by atoms with Gasteiger partial charge in [0, 0.05) is 25.6 Å². The first kappa shape index (κ1) is 14.9. The second-order valence-corrected chi connectivity index (χ2v) is 6.84. The van der Waals surface area contributed by atoms with Crippen LogP contribution in [0.2, 0.25) is 0 Å². The van der Waals surface area contributed by atoms with Gasteiger partial charge in [0.15, 0.2) is 0 Å². The molecule has 4 rings (SSSR count). The second-order valence-electron chi connectivity index (χ2n) is 6.84. The molecule has 1 aliphatic rings. The Morgan fingerprint density at radius 1 is 1.33 bits per heavy atom. The summed E-state index contributed by atoms with van der Waals surface area (Å²) in [5.41, 5.74) is 3.14. The Balaban J connectivity index is 1.91. The lowest BCUT2D eigenvalue weighted by Crippen LogP contribution is -2.26. The molecule has 6 nitrogen and oxygen atoms in total. The summed E-state index contributed by atoms with van der Waals surface area (Å²) in [6, 6.07) is 8.17. The van der Waals surface area contributed by atoms with E-state index in [4.69, 9.17) is 4.98 Å². The Morgan fingerprint density at radius 3 is 2.92 bits per heavy atom. The van der Waals surface area contributed by atoms with E-state index in [0.717, 1.165) is 34.8 Å². The molecular weight excluding hydrogens is 302 g/mol. The first-order chi connectivity index (χ1) is 11.5. The lowest BCUT2D eigenvalue weighted by atomic mass is 9.93. The number of carbonyl (C=O) groups excluding carboxylic acids is 1. The van der Waals surface area contributed by atoms with Crippen LogP contribution in [0.3, 0.4) is 0 Å². The minimum absolute atomic E-state index is 0.0132. The second kappa shape index (κ2) is 5.47. The summed E-state index contributed by atoms with van der Waals surface area (Å²) >= 11 is 0. The van der Waals surface area contributed by atoms with Gasteiger partial charge in [0.1, 0.15) is 11.6 Å². The van der Waals surface area contributed by atoms with E-state index in [1.807, 2.05) is 31.4 Å². The highest BCUT2D eigenvalue weighted by atomic mass is 16.1. The first-order valence-electron chi connectivity index (χ1n) is 8.31. The zero-order valence-electron chi connectivity index (χ0n) is 14.2. The quantitative estimate of drug-likeness (QED) is 0.806. The maximum Gasteiger partial charge on any atom is 0.226 e. The molecule has 1 aromatic carbocycles. The number of rotatable bonds is 3. The van der Waals surface area contributed by atoms with Gasteiger partial charge in [-0.1, -0.05) is 26.0 Å². The number of nitrogens with zero attached hydrogens (tertiary/aromatic N) is 4. The number of aromatic nitrogens is 4. The highest BCUT2D eigenvalue weighted by molar-refractivity contribution is 5.94. The van der Waals surface area contributed by atoms with Crippen LogP contribution >= 0.6 is 0 Å². The van der Waals surface area contributed by atoms with Gasteiger partial charge in [0.25, 0.3) is 0 Å². The number of amides is 1. The molecule has 0 saturated carbocycles. The van der Waals surface area contributed by atoms with Crippen molar-refractivity contribution in [1.29, 1.82) is 0 Å². The molecule has 0 fully saturated rings. The molecule has 1 aliphatic heterocycles. The van der Waals surface area contributed by atoms with Gasteiger partial charge in [-0.25, -0.2) is 4.98 Å². The summed E-state index contributed by atoms with van der Waals surface area (Å²) in [6.07, 6.45) is 2.25.